The topological polar surface area (TPSA) is 57.8 Å². The Hall–Kier alpha value is -3.32. The number of hydrogen-bond acceptors (Lipinski definition) is 2. The Morgan fingerprint density at radius 1 is 1.13 bits per heavy atom. The fourth-order valence-corrected chi connectivity index (χ4v) is 4.68. The molecule has 0 radical (unpaired) electrons. The van der Waals surface area contributed by atoms with Gasteiger partial charge in [0.25, 0.3) is 5.91 Å². The lowest BCUT2D eigenvalue weighted by molar-refractivity contribution is -0.118. The van der Waals surface area contributed by atoms with Gasteiger partial charge in [-0.1, -0.05) is 68.3 Å². The highest BCUT2D eigenvalue weighted by molar-refractivity contribution is 6.04. The zero-order chi connectivity index (χ0) is 21.8. The van der Waals surface area contributed by atoms with Gasteiger partial charge in [0.05, 0.1) is 0 Å². The average molecular weight is 412 g/mol. The molecule has 0 saturated heterocycles. The van der Waals surface area contributed by atoms with Crippen molar-refractivity contribution >= 4 is 22.9 Å². The van der Waals surface area contributed by atoms with Gasteiger partial charge in [-0.15, -0.1) is 0 Å². The van der Waals surface area contributed by atoms with Crippen molar-refractivity contribution in [3.05, 3.63) is 77.0 Å². The van der Waals surface area contributed by atoms with Crippen LogP contribution in [0.2, 0.25) is 0 Å². The quantitative estimate of drug-likeness (QED) is 0.439. The van der Waals surface area contributed by atoms with Gasteiger partial charge < -0.3 is 9.88 Å². The summed E-state index contributed by atoms with van der Waals surface area (Å²) in [7, 11) is 0. The average Bonchev–Trinajstić information content (AvgIpc) is 3.05. The lowest BCUT2D eigenvalue weighted by Gasteiger charge is -2.29. The van der Waals surface area contributed by atoms with Crippen molar-refractivity contribution < 1.29 is 4.79 Å². The summed E-state index contributed by atoms with van der Waals surface area (Å²) in [5.41, 5.74) is 4.48. The number of rotatable bonds is 5. The van der Waals surface area contributed by atoms with Crippen molar-refractivity contribution in [1.82, 2.24) is 9.88 Å². The van der Waals surface area contributed by atoms with E-state index >= 15 is 0 Å². The summed E-state index contributed by atoms with van der Waals surface area (Å²) in [6, 6.07) is 20.8. The van der Waals surface area contributed by atoms with Crippen molar-refractivity contribution in [3.8, 4) is 6.07 Å². The van der Waals surface area contributed by atoms with Crippen LogP contribution in [0.15, 0.2) is 60.2 Å². The molecule has 0 spiro atoms. The molecule has 2 atom stereocenters. The molecule has 4 heteroatoms. The fourth-order valence-electron chi connectivity index (χ4n) is 4.68. The van der Waals surface area contributed by atoms with E-state index in [-0.39, 0.29) is 17.5 Å². The van der Waals surface area contributed by atoms with Crippen molar-refractivity contribution in [2.75, 3.05) is 0 Å². The normalized spacial score (nSPS) is 19.2. The zero-order valence-electron chi connectivity index (χ0n) is 18.3. The second-order valence-corrected chi connectivity index (χ2v) is 8.60. The highest BCUT2D eigenvalue weighted by atomic mass is 16.1. The van der Waals surface area contributed by atoms with Crippen LogP contribution < -0.4 is 5.32 Å². The predicted molar refractivity (Wildman–Crippen MR) is 125 cm³/mol. The van der Waals surface area contributed by atoms with Gasteiger partial charge in [-0.05, 0) is 43.4 Å². The molecule has 1 N–H and O–H groups in total. The Morgan fingerprint density at radius 2 is 1.84 bits per heavy atom. The molecule has 0 bridgehead atoms. The van der Waals surface area contributed by atoms with Crippen LogP contribution in [-0.4, -0.2) is 16.5 Å². The van der Waals surface area contributed by atoms with E-state index in [1.54, 1.807) is 6.08 Å². The van der Waals surface area contributed by atoms with Gasteiger partial charge in [-0.25, -0.2) is 0 Å². The first kappa shape index (κ1) is 20.9. The van der Waals surface area contributed by atoms with Crippen LogP contribution in [0, 0.1) is 24.2 Å². The van der Waals surface area contributed by atoms with E-state index in [1.807, 2.05) is 30.3 Å². The predicted octanol–water partition coefficient (Wildman–Crippen LogP) is 5.60. The molecule has 4 rings (SSSR count). The number of benzene rings is 2. The SMILES string of the molecule is Cc1c(/C=C(\C#N)C(=O)N[C@@H]2CCCC[C@H]2C)c2ccccc2n1Cc1ccccc1. The summed E-state index contributed by atoms with van der Waals surface area (Å²) < 4.78 is 2.26. The Labute approximate surface area is 184 Å². The van der Waals surface area contributed by atoms with Crippen LogP contribution in [0.5, 0.6) is 0 Å². The molecule has 2 aromatic carbocycles. The summed E-state index contributed by atoms with van der Waals surface area (Å²) in [6.07, 6.45) is 6.23. The first-order valence-corrected chi connectivity index (χ1v) is 11.1. The minimum absolute atomic E-state index is 0.151. The smallest absolute Gasteiger partial charge is 0.262 e. The van der Waals surface area contributed by atoms with Gasteiger partial charge in [-0.3, -0.25) is 4.79 Å². The standard InChI is InChI=1S/C27H29N3O/c1-19-10-6-8-14-25(19)29-27(31)22(17-28)16-24-20(2)30(18-21-11-4-3-5-12-21)26-15-9-7-13-23(24)26/h3-5,7,9,11-13,15-16,19,25H,6,8,10,14,18H2,1-2H3,(H,29,31)/b22-16+/t19-,25-/m1/s1. The minimum atomic E-state index is -0.263. The molecule has 1 fully saturated rings. The van der Waals surface area contributed by atoms with Crippen molar-refractivity contribution in [2.24, 2.45) is 5.92 Å². The number of para-hydroxylation sites is 1. The molecular weight excluding hydrogens is 382 g/mol. The van der Waals surface area contributed by atoms with Crippen molar-refractivity contribution in [1.29, 1.82) is 5.26 Å². The number of hydrogen-bond donors (Lipinski definition) is 1. The van der Waals surface area contributed by atoms with E-state index in [2.05, 4.69) is 54.1 Å². The van der Waals surface area contributed by atoms with Crippen molar-refractivity contribution in [2.45, 2.75) is 52.1 Å². The molecule has 3 aromatic rings. The molecule has 1 aromatic heterocycles. The van der Waals surface area contributed by atoms with Gasteiger partial charge in [-0.2, -0.15) is 5.26 Å². The molecule has 158 valence electrons. The molecule has 1 amide bonds. The zero-order valence-corrected chi connectivity index (χ0v) is 18.3. The van der Waals surface area contributed by atoms with Crippen LogP contribution >= 0.6 is 0 Å². The van der Waals surface area contributed by atoms with Crippen LogP contribution in [0.1, 0.15) is 49.4 Å². The number of carbonyl (C=O) groups is 1. The summed E-state index contributed by atoms with van der Waals surface area (Å²) >= 11 is 0. The number of nitrogens with zero attached hydrogens (tertiary/aromatic N) is 2. The minimum Gasteiger partial charge on any atom is -0.348 e. The summed E-state index contributed by atoms with van der Waals surface area (Å²) in [4.78, 5) is 12.9. The number of nitrogens with one attached hydrogen (secondary N) is 1. The second-order valence-electron chi connectivity index (χ2n) is 8.60. The van der Waals surface area contributed by atoms with E-state index in [1.165, 1.54) is 12.0 Å². The Morgan fingerprint density at radius 3 is 2.58 bits per heavy atom. The second kappa shape index (κ2) is 9.22. The van der Waals surface area contributed by atoms with Crippen LogP contribution in [0.25, 0.3) is 17.0 Å². The molecule has 0 aliphatic heterocycles. The number of amides is 1. The third-order valence-corrected chi connectivity index (χ3v) is 6.54. The maximum atomic E-state index is 12.9. The van der Waals surface area contributed by atoms with Crippen LogP contribution in [0.4, 0.5) is 0 Å². The first-order chi connectivity index (χ1) is 15.1. The highest BCUT2D eigenvalue weighted by Crippen LogP contribution is 2.29. The van der Waals surface area contributed by atoms with E-state index in [4.69, 9.17) is 0 Å². The molecular formula is C27H29N3O. The van der Waals surface area contributed by atoms with Crippen molar-refractivity contribution in [3.63, 3.8) is 0 Å². The lowest BCUT2D eigenvalue weighted by atomic mass is 9.86. The third-order valence-electron chi connectivity index (χ3n) is 6.54. The maximum absolute atomic E-state index is 12.9. The highest BCUT2D eigenvalue weighted by Gasteiger charge is 2.24. The van der Waals surface area contributed by atoms with Gasteiger partial charge in [0.15, 0.2) is 0 Å². The van der Waals surface area contributed by atoms with E-state index in [9.17, 15) is 10.1 Å². The maximum Gasteiger partial charge on any atom is 0.262 e. The summed E-state index contributed by atoms with van der Waals surface area (Å²) in [5.74, 6) is 0.188. The number of aromatic nitrogens is 1. The largest absolute Gasteiger partial charge is 0.348 e. The molecule has 1 saturated carbocycles. The Bertz CT molecular complexity index is 1150. The molecule has 0 unspecified atom stereocenters. The van der Waals surface area contributed by atoms with Crippen LogP contribution in [0.3, 0.4) is 0 Å². The van der Waals surface area contributed by atoms with E-state index in [0.29, 0.717) is 5.92 Å². The summed E-state index contributed by atoms with van der Waals surface area (Å²) in [6.45, 7) is 4.99. The number of carbonyl (C=O) groups excluding carboxylic acids is 1. The first-order valence-electron chi connectivity index (χ1n) is 11.1. The summed E-state index contributed by atoms with van der Waals surface area (Å²) in [5, 5.41) is 13.9. The van der Waals surface area contributed by atoms with E-state index in [0.717, 1.165) is 48.0 Å². The monoisotopic (exact) mass is 411 g/mol. The molecule has 1 aliphatic carbocycles. The van der Waals surface area contributed by atoms with Crippen LogP contribution in [-0.2, 0) is 11.3 Å². The molecule has 1 heterocycles. The number of fused-ring (bicyclic) bond motifs is 1. The Balaban J connectivity index is 1.69. The number of nitriles is 1. The molecule has 4 nitrogen and oxygen atoms in total. The Kier molecular flexibility index (Phi) is 6.23. The third kappa shape index (κ3) is 4.41. The van der Waals surface area contributed by atoms with Gasteiger partial charge in [0, 0.05) is 34.7 Å². The lowest BCUT2D eigenvalue weighted by Crippen LogP contribution is -2.41. The molecule has 1 aliphatic rings. The van der Waals surface area contributed by atoms with Gasteiger partial charge in [0.1, 0.15) is 11.6 Å². The van der Waals surface area contributed by atoms with Gasteiger partial charge in [0.2, 0.25) is 0 Å². The fraction of sp³-hybridized carbons (Fsp3) is 0.333. The molecule has 31 heavy (non-hydrogen) atoms. The van der Waals surface area contributed by atoms with E-state index < -0.39 is 0 Å². The van der Waals surface area contributed by atoms with Gasteiger partial charge >= 0.3 is 0 Å².